The van der Waals surface area contributed by atoms with Crippen LogP contribution in [0.25, 0.3) is 0 Å². The normalized spacial score (nSPS) is 41.8. The molecule has 0 aromatic rings. The van der Waals surface area contributed by atoms with E-state index in [4.69, 9.17) is 0 Å². The Bertz CT molecular complexity index is 158. The molecular weight excluding hydrogens is 100 g/mol. The van der Waals surface area contributed by atoms with Crippen LogP contribution < -0.4 is 0 Å². The molecule has 0 aromatic carbocycles. The van der Waals surface area contributed by atoms with Gasteiger partial charge in [0, 0.05) is 12.3 Å². The van der Waals surface area contributed by atoms with Crippen LogP contribution in [0.15, 0.2) is 12.2 Å². The zero-order valence-electron chi connectivity index (χ0n) is 4.63. The number of ketones is 1. The average molecular weight is 108 g/mol. The van der Waals surface area contributed by atoms with E-state index in [9.17, 15) is 4.79 Å². The molecule has 0 bridgehead atoms. The molecule has 1 saturated carbocycles. The van der Waals surface area contributed by atoms with Gasteiger partial charge in [0.25, 0.3) is 0 Å². The van der Waals surface area contributed by atoms with E-state index in [0.29, 0.717) is 17.6 Å². The summed E-state index contributed by atoms with van der Waals surface area (Å²) in [6.45, 7) is 0. The summed E-state index contributed by atoms with van der Waals surface area (Å²) in [5.41, 5.74) is 0. The van der Waals surface area contributed by atoms with Crippen LogP contribution in [0.4, 0.5) is 0 Å². The summed E-state index contributed by atoms with van der Waals surface area (Å²) < 4.78 is 0. The van der Waals surface area contributed by atoms with Gasteiger partial charge >= 0.3 is 0 Å². The van der Waals surface area contributed by atoms with Crippen molar-refractivity contribution >= 4 is 5.78 Å². The maximum absolute atomic E-state index is 10.8. The van der Waals surface area contributed by atoms with Crippen molar-refractivity contribution in [3.63, 3.8) is 0 Å². The summed E-state index contributed by atoms with van der Waals surface area (Å²) in [4.78, 5) is 10.8. The van der Waals surface area contributed by atoms with Crippen LogP contribution in [0.3, 0.4) is 0 Å². The van der Waals surface area contributed by atoms with Crippen molar-refractivity contribution in [1.82, 2.24) is 0 Å². The Morgan fingerprint density at radius 2 is 2.38 bits per heavy atom. The number of carbonyl (C=O) groups excluding carboxylic acids is 1. The minimum absolute atomic E-state index is 0.343. The van der Waals surface area contributed by atoms with Crippen LogP contribution >= 0.6 is 0 Å². The molecule has 2 aliphatic rings. The maximum atomic E-state index is 10.8. The van der Waals surface area contributed by atoms with E-state index in [-0.39, 0.29) is 0 Å². The highest BCUT2D eigenvalue weighted by Crippen LogP contribution is 2.37. The molecule has 8 heavy (non-hydrogen) atoms. The molecule has 42 valence electrons. The largest absolute Gasteiger partial charge is 0.299 e. The zero-order chi connectivity index (χ0) is 5.56. The van der Waals surface area contributed by atoms with E-state index in [1.165, 1.54) is 0 Å². The van der Waals surface area contributed by atoms with Gasteiger partial charge in [0.2, 0.25) is 0 Å². The van der Waals surface area contributed by atoms with E-state index in [1.54, 1.807) is 0 Å². The van der Waals surface area contributed by atoms with Crippen molar-refractivity contribution in [2.75, 3.05) is 0 Å². The number of carbonyl (C=O) groups is 1. The van der Waals surface area contributed by atoms with Crippen molar-refractivity contribution in [1.29, 1.82) is 0 Å². The predicted molar refractivity (Wildman–Crippen MR) is 30.4 cm³/mol. The summed E-state index contributed by atoms with van der Waals surface area (Å²) in [5.74, 6) is 1.44. The van der Waals surface area contributed by atoms with Gasteiger partial charge in [-0.2, -0.15) is 0 Å². The van der Waals surface area contributed by atoms with E-state index in [1.807, 2.05) is 6.08 Å². The highest BCUT2D eigenvalue weighted by molar-refractivity contribution is 5.86. The third kappa shape index (κ3) is 0.347. The van der Waals surface area contributed by atoms with Crippen LogP contribution in [0.5, 0.6) is 0 Å². The minimum atomic E-state index is 0.343. The fourth-order valence-electron chi connectivity index (χ4n) is 1.48. The minimum Gasteiger partial charge on any atom is -0.299 e. The van der Waals surface area contributed by atoms with Gasteiger partial charge in [-0.05, 0) is 12.3 Å². The van der Waals surface area contributed by atoms with E-state index < -0.39 is 0 Å². The lowest BCUT2D eigenvalue weighted by Gasteiger charge is -2.18. The van der Waals surface area contributed by atoms with Gasteiger partial charge in [0.15, 0.2) is 0 Å². The second kappa shape index (κ2) is 1.22. The lowest BCUT2D eigenvalue weighted by atomic mass is 9.85. The lowest BCUT2D eigenvalue weighted by molar-refractivity contribution is -0.120. The summed E-state index contributed by atoms with van der Waals surface area (Å²) >= 11 is 0. The van der Waals surface area contributed by atoms with Gasteiger partial charge in [-0.3, -0.25) is 4.79 Å². The maximum Gasteiger partial charge on any atom is 0.140 e. The molecule has 2 unspecified atom stereocenters. The fraction of sp³-hybridized carbons (Fsp3) is 0.571. The summed E-state index contributed by atoms with van der Waals surface area (Å²) in [6, 6.07) is 0. The molecule has 0 N–H and O–H groups in total. The quantitative estimate of drug-likeness (QED) is 0.425. The predicted octanol–water partition coefficient (Wildman–Crippen LogP) is 1.15. The molecule has 1 nitrogen and oxygen atoms in total. The molecule has 2 atom stereocenters. The second-order valence-corrected chi connectivity index (χ2v) is 2.58. The molecule has 1 fully saturated rings. The van der Waals surface area contributed by atoms with E-state index in [0.717, 1.165) is 12.8 Å². The Kier molecular flexibility index (Phi) is 0.655. The molecule has 0 spiro atoms. The molecule has 0 aliphatic heterocycles. The molecule has 2 aliphatic carbocycles. The van der Waals surface area contributed by atoms with Crippen molar-refractivity contribution in [2.24, 2.45) is 11.8 Å². The lowest BCUT2D eigenvalue weighted by Crippen LogP contribution is -2.17. The van der Waals surface area contributed by atoms with Crippen LogP contribution in [-0.4, -0.2) is 5.78 Å². The third-order valence-corrected chi connectivity index (χ3v) is 2.12. The topological polar surface area (TPSA) is 17.1 Å². The summed E-state index contributed by atoms with van der Waals surface area (Å²) in [5, 5.41) is 0. The Morgan fingerprint density at radius 3 is 2.62 bits per heavy atom. The highest BCUT2D eigenvalue weighted by atomic mass is 16.1. The van der Waals surface area contributed by atoms with Crippen LogP contribution in [0.2, 0.25) is 0 Å². The number of allylic oxidation sites excluding steroid dienone is 2. The molecule has 0 heterocycles. The van der Waals surface area contributed by atoms with Crippen molar-refractivity contribution in [3.05, 3.63) is 12.2 Å². The molecule has 2 rings (SSSR count). The Morgan fingerprint density at radius 1 is 1.50 bits per heavy atom. The van der Waals surface area contributed by atoms with Crippen molar-refractivity contribution < 1.29 is 4.79 Å². The number of hydrogen-bond donors (Lipinski definition) is 0. The first-order valence-corrected chi connectivity index (χ1v) is 3.09. The molecule has 0 aromatic heterocycles. The van der Waals surface area contributed by atoms with Crippen molar-refractivity contribution in [2.45, 2.75) is 12.8 Å². The Balaban J connectivity index is 2.27. The number of rotatable bonds is 0. The van der Waals surface area contributed by atoms with Crippen LogP contribution in [0, 0.1) is 11.8 Å². The monoisotopic (exact) mass is 108 g/mol. The average Bonchev–Trinajstić information content (AvgIpc) is 1.80. The van der Waals surface area contributed by atoms with Gasteiger partial charge in [-0.25, -0.2) is 0 Å². The molecule has 0 radical (unpaired) electrons. The van der Waals surface area contributed by atoms with Gasteiger partial charge in [0.1, 0.15) is 5.78 Å². The molecule has 0 amide bonds. The smallest absolute Gasteiger partial charge is 0.140 e. The first kappa shape index (κ1) is 4.30. The highest BCUT2D eigenvalue weighted by Gasteiger charge is 2.35. The molecule has 1 heteroatoms. The number of Topliss-reactive ketones (excluding diaryl/α,β-unsaturated/α-hetero) is 1. The zero-order valence-corrected chi connectivity index (χ0v) is 4.63. The summed E-state index contributed by atoms with van der Waals surface area (Å²) in [6.07, 6.45) is 6.11. The van der Waals surface area contributed by atoms with Crippen LogP contribution in [0.1, 0.15) is 12.8 Å². The van der Waals surface area contributed by atoms with Crippen LogP contribution in [-0.2, 0) is 4.79 Å². The molecular formula is C7H8O. The standard InChI is InChI=1S/C7H8O/c8-7-4-2-5-1-3-6(5)7/h1,3,5-6H,2,4H2. The van der Waals surface area contributed by atoms with E-state index >= 15 is 0 Å². The first-order chi connectivity index (χ1) is 3.88. The Hall–Kier alpha value is -0.590. The third-order valence-electron chi connectivity index (χ3n) is 2.12. The Labute approximate surface area is 48.4 Å². The van der Waals surface area contributed by atoms with Crippen molar-refractivity contribution in [3.8, 4) is 0 Å². The molecule has 0 saturated heterocycles. The SMILES string of the molecule is O=C1CCC2C=CC12. The van der Waals surface area contributed by atoms with Gasteiger partial charge in [0.05, 0.1) is 0 Å². The first-order valence-electron chi connectivity index (χ1n) is 3.09. The van der Waals surface area contributed by atoms with Gasteiger partial charge in [-0.1, -0.05) is 12.2 Å². The fourth-order valence-corrected chi connectivity index (χ4v) is 1.48. The van der Waals surface area contributed by atoms with Gasteiger partial charge < -0.3 is 0 Å². The number of hydrogen-bond acceptors (Lipinski definition) is 1. The summed E-state index contributed by atoms with van der Waals surface area (Å²) in [7, 11) is 0. The number of fused-ring (bicyclic) bond motifs is 1. The second-order valence-electron chi connectivity index (χ2n) is 2.58. The van der Waals surface area contributed by atoms with Gasteiger partial charge in [-0.15, -0.1) is 0 Å². The van der Waals surface area contributed by atoms with E-state index in [2.05, 4.69) is 6.08 Å².